The van der Waals surface area contributed by atoms with Crippen LogP contribution in [0.25, 0.3) is 0 Å². The Morgan fingerprint density at radius 1 is 0.750 bits per heavy atom. The first-order chi connectivity index (χ1) is 21.7. The Morgan fingerprint density at radius 3 is 1.27 bits per heavy atom. The molecule has 0 radical (unpaired) electrons. The van der Waals surface area contributed by atoms with E-state index in [0.29, 0.717) is 0 Å². The van der Waals surface area contributed by atoms with Crippen LogP contribution in [0.2, 0.25) is 0 Å². The zero-order valence-corrected chi connectivity index (χ0v) is 28.3. The Balaban J connectivity index is -0.000000155. The lowest BCUT2D eigenvalue weighted by Gasteiger charge is -2.07. The highest BCUT2D eigenvalue weighted by Gasteiger charge is 2.20. The summed E-state index contributed by atoms with van der Waals surface area (Å²) in [5, 5.41) is 45.6. The molecule has 1 fully saturated rings. The van der Waals surface area contributed by atoms with E-state index in [4.69, 9.17) is 59.9 Å². The molecule has 0 aliphatic carbocycles. The highest BCUT2D eigenvalue weighted by Crippen LogP contribution is 2.03. The number of carbonyl (C=O) groups is 8. The van der Waals surface area contributed by atoms with Gasteiger partial charge in [0.2, 0.25) is 17.7 Å². The number of nitrogens with two attached hydrogens (primary N) is 6. The van der Waals surface area contributed by atoms with Crippen LogP contribution >= 0.6 is 0 Å². The summed E-state index contributed by atoms with van der Waals surface area (Å²) in [6.45, 7) is 10.4. The largest absolute Gasteiger partial charge is 0.480 e. The fourth-order valence-corrected chi connectivity index (χ4v) is 2.11. The van der Waals surface area contributed by atoms with Crippen LogP contribution in [0.5, 0.6) is 0 Å². The van der Waals surface area contributed by atoms with Gasteiger partial charge in [0.15, 0.2) is 0 Å². The summed E-state index contributed by atoms with van der Waals surface area (Å²) in [7, 11) is 0. The fraction of sp³-hybridized carbons (Fsp3) is 0.704. The zero-order chi connectivity index (χ0) is 39.3. The van der Waals surface area contributed by atoms with Crippen molar-refractivity contribution >= 4 is 47.6 Å². The monoisotopic (exact) mass is 700 g/mol. The summed E-state index contributed by atoms with van der Waals surface area (Å²) in [6.07, 6.45) is 2.11. The number of carbonyl (C=O) groups excluding carboxylic acids is 3. The standard InChI is InChI=1S/C5H11N3O2.C5H9NO2.2C5H11NO2.C4H7NO3.C3H7NO2/c6-3(5(8)10)1-2-4(7)9;7-5(8)4-2-1-3-6-4;2*1-3(2)4(6)5(7)8;1-3(6)5-2-4(7)8;1-2(4)3(5)6/h3H,1-2,6H2,(H2,7,9)(H2,8,10);4,6H,1-3H2,(H,7,8);2*3-4H,6H2,1-2H3,(H,7,8);2H2,1H3,(H,5,6)(H,7,8);2H,4H2,1H3,(H,5,6)/t3-;3*4-;;2-/m0000.0/s1. The molecule has 0 unspecified atom stereocenters. The molecule has 5 atom stereocenters. The molecule has 0 aromatic rings. The Bertz CT molecular complexity index is 934. The molecule has 1 saturated heterocycles. The third-order valence-electron chi connectivity index (χ3n) is 5.31. The lowest BCUT2D eigenvalue weighted by Crippen LogP contribution is -2.37. The molecule has 282 valence electrons. The smallest absolute Gasteiger partial charge is 0.322 e. The first-order valence-corrected chi connectivity index (χ1v) is 14.4. The number of aliphatic carboxylic acids is 5. The van der Waals surface area contributed by atoms with Crippen LogP contribution in [0.3, 0.4) is 0 Å². The van der Waals surface area contributed by atoms with Gasteiger partial charge in [0.25, 0.3) is 0 Å². The number of amides is 3. The fourth-order valence-electron chi connectivity index (χ4n) is 2.11. The molecule has 0 spiro atoms. The Labute approximate surface area is 279 Å². The Kier molecular flexibility index (Phi) is 34.5. The lowest BCUT2D eigenvalue weighted by atomic mass is 10.1. The maximum absolute atomic E-state index is 10.3. The van der Waals surface area contributed by atoms with Gasteiger partial charge in [0.05, 0.1) is 6.04 Å². The van der Waals surface area contributed by atoms with Crippen molar-refractivity contribution in [3.05, 3.63) is 0 Å². The van der Waals surface area contributed by atoms with Crippen LogP contribution in [-0.2, 0) is 38.4 Å². The molecule has 21 heteroatoms. The number of nitrogens with one attached hydrogen (secondary N) is 2. The van der Waals surface area contributed by atoms with Gasteiger partial charge in [0.1, 0.15) is 30.7 Å². The minimum atomic E-state index is -1.03. The normalized spacial score (nSPS) is 15.0. The molecule has 0 aromatic carbocycles. The van der Waals surface area contributed by atoms with E-state index in [1.165, 1.54) is 13.8 Å². The summed E-state index contributed by atoms with van der Waals surface area (Å²) in [4.78, 5) is 79.8. The summed E-state index contributed by atoms with van der Waals surface area (Å²) >= 11 is 0. The van der Waals surface area contributed by atoms with Crippen molar-refractivity contribution in [2.75, 3.05) is 13.1 Å². The number of hydrogen-bond donors (Lipinski definition) is 13. The molecular weight excluding hydrogens is 644 g/mol. The minimum Gasteiger partial charge on any atom is -0.480 e. The molecule has 1 rings (SSSR count). The van der Waals surface area contributed by atoms with E-state index in [1.807, 2.05) is 0 Å². The van der Waals surface area contributed by atoms with E-state index in [-0.39, 0.29) is 43.2 Å². The van der Waals surface area contributed by atoms with Gasteiger partial charge in [-0.05, 0) is 44.6 Å². The summed E-state index contributed by atoms with van der Waals surface area (Å²) in [5.74, 6) is -5.94. The van der Waals surface area contributed by atoms with E-state index >= 15 is 0 Å². The van der Waals surface area contributed by atoms with Crippen LogP contribution in [0.1, 0.15) is 67.2 Å². The second-order valence-corrected chi connectivity index (χ2v) is 10.6. The van der Waals surface area contributed by atoms with Crippen molar-refractivity contribution < 1.29 is 63.9 Å². The molecule has 0 aromatic heterocycles. The second kappa shape index (κ2) is 31.2. The molecule has 0 bridgehead atoms. The number of rotatable bonds is 12. The number of hydrogen-bond acceptors (Lipinski definition) is 13. The molecule has 1 heterocycles. The van der Waals surface area contributed by atoms with Crippen molar-refractivity contribution in [1.29, 1.82) is 0 Å². The van der Waals surface area contributed by atoms with Crippen LogP contribution in [0, 0.1) is 11.8 Å². The van der Waals surface area contributed by atoms with Crippen LogP contribution < -0.4 is 45.0 Å². The van der Waals surface area contributed by atoms with Crippen LogP contribution in [0.15, 0.2) is 0 Å². The minimum absolute atomic E-state index is 0.0208. The molecule has 1 aliphatic heterocycles. The van der Waals surface area contributed by atoms with Gasteiger partial charge in [-0.2, -0.15) is 0 Å². The molecular formula is C27H56N8O13. The van der Waals surface area contributed by atoms with Gasteiger partial charge in [-0.3, -0.25) is 38.4 Å². The van der Waals surface area contributed by atoms with E-state index in [2.05, 4.69) is 10.6 Å². The summed E-state index contributed by atoms with van der Waals surface area (Å²) in [6, 6.07) is -3.18. The highest BCUT2D eigenvalue weighted by atomic mass is 16.4. The predicted octanol–water partition coefficient (Wildman–Crippen LogP) is -3.38. The van der Waals surface area contributed by atoms with E-state index in [1.54, 1.807) is 27.7 Å². The predicted molar refractivity (Wildman–Crippen MR) is 173 cm³/mol. The second-order valence-electron chi connectivity index (χ2n) is 10.6. The van der Waals surface area contributed by atoms with Crippen molar-refractivity contribution in [3.63, 3.8) is 0 Å². The number of carboxylic acid groups (broad SMARTS) is 5. The third kappa shape index (κ3) is 41.6. The van der Waals surface area contributed by atoms with Gasteiger partial charge in [-0.25, -0.2) is 0 Å². The lowest BCUT2D eigenvalue weighted by molar-refractivity contribution is -0.140. The van der Waals surface area contributed by atoms with Crippen molar-refractivity contribution in [1.82, 2.24) is 10.6 Å². The maximum atomic E-state index is 10.3. The van der Waals surface area contributed by atoms with E-state index < -0.39 is 65.8 Å². The van der Waals surface area contributed by atoms with Gasteiger partial charge in [-0.15, -0.1) is 0 Å². The number of carboxylic acids is 5. The average Bonchev–Trinajstić information content (AvgIpc) is 3.51. The Hall–Kier alpha value is -4.44. The first-order valence-electron chi connectivity index (χ1n) is 14.4. The topological polar surface area (TPSA) is 418 Å². The SMILES string of the molecule is CC(=O)NCC(=O)O.CC(C)[C@H](N)C(=O)O.CC(C)[C@H](N)C(=O)O.C[C@H](N)C(=O)O.NC(=O)CC[C@H](N)C(N)=O.O=C(O)[C@@H]1CCCN1. The first kappa shape index (κ1) is 53.1. The molecule has 48 heavy (non-hydrogen) atoms. The van der Waals surface area contributed by atoms with Crippen LogP contribution in [0.4, 0.5) is 0 Å². The third-order valence-corrected chi connectivity index (χ3v) is 5.31. The van der Waals surface area contributed by atoms with E-state index in [9.17, 15) is 38.4 Å². The maximum Gasteiger partial charge on any atom is 0.322 e. The van der Waals surface area contributed by atoms with Gasteiger partial charge >= 0.3 is 29.8 Å². The molecule has 1 aliphatic rings. The zero-order valence-electron chi connectivity index (χ0n) is 28.3. The van der Waals surface area contributed by atoms with Gasteiger partial charge in [0, 0.05) is 13.3 Å². The summed E-state index contributed by atoms with van der Waals surface area (Å²) < 4.78 is 0. The molecule has 19 N–H and O–H groups in total. The molecule has 3 amide bonds. The summed E-state index contributed by atoms with van der Waals surface area (Å²) in [5.41, 5.74) is 29.9. The van der Waals surface area contributed by atoms with Crippen molar-refractivity contribution in [2.45, 2.75) is 97.4 Å². The highest BCUT2D eigenvalue weighted by molar-refractivity contribution is 5.81. The van der Waals surface area contributed by atoms with Crippen LogP contribution in [-0.4, -0.2) is 116 Å². The quantitative estimate of drug-likeness (QED) is 0.0944. The molecule has 0 saturated carbocycles. The van der Waals surface area contributed by atoms with Crippen molar-refractivity contribution in [3.8, 4) is 0 Å². The van der Waals surface area contributed by atoms with Gasteiger partial charge < -0.3 is 70.6 Å². The van der Waals surface area contributed by atoms with E-state index in [0.717, 1.165) is 19.4 Å². The molecule has 21 nitrogen and oxygen atoms in total. The Morgan fingerprint density at radius 2 is 1.15 bits per heavy atom. The average molecular weight is 701 g/mol. The number of primary amides is 2. The van der Waals surface area contributed by atoms with Gasteiger partial charge in [-0.1, -0.05) is 27.7 Å². The van der Waals surface area contributed by atoms with Crippen molar-refractivity contribution in [2.24, 2.45) is 46.2 Å².